The Morgan fingerprint density at radius 2 is 1.96 bits per heavy atom. The van der Waals surface area contributed by atoms with Crippen LogP contribution in [0.4, 0.5) is 0 Å². The second kappa shape index (κ2) is 9.30. The number of rotatable bonds is 8. The van der Waals surface area contributed by atoms with E-state index in [-0.39, 0.29) is 11.8 Å². The van der Waals surface area contributed by atoms with Crippen LogP contribution in [-0.4, -0.2) is 19.0 Å². The summed E-state index contributed by atoms with van der Waals surface area (Å²) >= 11 is 5.96. The first-order valence-electron chi connectivity index (χ1n) is 7.99. The lowest BCUT2D eigenvalue weighted by Crippen LogP contribution is -2.32. The van der Waals surface area contributed by atoms with E-state index in [1.165, 1.54) is 0 Å². The molecule has 4 nitrogen and oxygen atoms in total. The Hall–Kier alpha value is -2.04. The molecule has 0 fully saturated rings. The van der Waals surface area contributed by atoms with Gasteiger partial charge < -0.3 is 15.8 Å². The topological polar surface area (TPSA) is 64.3 Å². The van der Waals surface area contributed by atoms with E-state index in [2.05, 4.69) is 5.32 Å². The van der Waals surface area contributed by atoms with Gasteiger partial charge in [-0.2, -0.15) is 0 Å². The highest BCUT2D eigenvalue weighted by Crippen LogP contribution is 2.17. The third-order valence-electron chi connectivity index (χ3n) is 3.61. The van der Waals surface area contributed by atoms with Gasteiger partial charge in [0.25, 0.3) is 0 Å². The Labute approximate surface area is 148 Å². The average Bonchev–Trinajstić information content (AvgIpc) is 2.58. The molecule has 0 bridgehead atoms. The Balaban J connectivity index is 1.88. The van der Waals surface area contributed by atoms with Crippen LogP contribution in [0.5, 0.6) is 5.75 Å². The molecule has 0 heterocycles. The van der Waals surface area contributed by atoms with Crippen LogP contribution in [0, 0.1) is 5.92 Å². The standard InChI is InChI=1S/C19H23ClN2O2/c1-14(11-21)12-22-19(23)10-15-4-3-7-18(9-15)24-13-16-5-2-6-17(20)8-16/h2-9,14H,10-13,21H2,1H3,(H,22,23). The quantitative estimate of drug-likeness (QED) is 0.771. The molecular weight excluding hydrogens is 324 g/mol. The molecule has 1 atom stereocenters. The number of nitrogens with two attached hydrogens (primary N) is 1. The summed E-state index contributed by atoms with van der Waals surface area (Å²) in [6.07, 6.45) is 0.325. The van der Waals surface area contributed by atoms with E-state index in [1.807, 2.05) is 55.5 Å². The molecule has 0 radical (unpaired) electrons. The van der Waals surface area contributed by atoms with Crippen molar-refractivity contribution in [2.24, 2.45) is 11.7 Å². The zero-order valence-corrected chi connectivity index (χ0v) is 14.6. The van der Waals surface area contributed by atoms with E-state index in [0.29, 0.717) is 31.1 Å². The van der Waals surface area contributed by atoms with Crippen LogP contribution in [0.15, 0.2) is 48.5 Å². The Morgan fingerprint density at radius 1 is 1.21 bits per heavy atom. The minimum absolute atomic E-state index is 0.0118. The molecule has 3 N–H and O–H groups in total. The highest BCUT2D eigenvalue weighted by molar-refractivity contribution is 6.30. The third kappa shape index (κ3) is 6.22. The van der Waals surface area contributed by atoms with E-state index in [9.17, 15) is 4.79 Å². The van der Waals surface area contributed by atoms with Crippen LogP contribution >= 0.6 is 11.6 Å². The summed E-state index contributed by atoms with van der Waals surface area (Å²) in [5, 5.41) is 3.58. The molecular formula is C19H23ClN2O2. The predicted molar refractivity (Wildman–Crippen MR) is 97.2 cm³/mol. The van der Waals surface area contributed by atoms with Gasteiger partial charge in [-0.3, -0.25) is 4.79 Å². The second-order valence-corrected chi connectivity index (χ2v) is 6.32. The normalized spacial score (nSPS) is 11.8. The smallest absolute Gasteiger partial charge is 0.224 e. The summed E-state index contributed by atoms with van der Waals surface area (Å²) in [6.45, 7) is 3.60. The maximum atomic E-state index is 12.0. The van der Waals surface area contributed by atoms with Gasteiger partial charge in [0.05, 0.1) is 6.42 Å². The number of hydrogen-bond donors (Lipinski definition) is 2. The predicted octanol–water partition coefficient (Wildman–Crippen LogP) is 3.17. The lowest BCUT2D eigenvalue weighted by Gasteiger charge is -2.11. The van der Waals surface area contributed by atoms with E-state index < -0.39 is 0 Å². The minimum atomic E-state index is -0.0118. The molecule has 0 saturated heterocycles. The van der Waals surface area contributed by atoms with Crippen molar-refractivity contribution < 1.29 is 9.53 Å². The fourth-order valence-corrected chi connectivity index (χ4v) is 2.37. The molecule has 128 valence electrons. The van der Waals surface area contributed by atoms with Crippen molar-refractivity contribution in [1.29, 1.82) is 0 Å². The van der Waals surface area contributed by atoms with Gasteiger partial charge in [0.15, 0.2) is 0 Å². The zero-order valence-electron chi connectivity index (χ0n) is 13.8. The largest absolute Gasteiger partial charge is 0.489 e. The second-order valence-electron chi connectivity index (χ2n) is 5.89. The fraction of sp³-hybridized carbons (Fsp3) is 0.316. The molecule has 1 unspecified atom stereocenters. The SMILES string of the molecule is CC(CN)CNC(=O)Cc1cccc(OCc2cccc(Cl)c2)c1. The zero-order chi connectivity index (χ0) is 17.4. The Morgan fingerprint density at radius 3 is 2.71 bits per heavy atom. The molecule has 2 rings (SSSR count). The first-order valence-corrected chi connectivity index (χ1v) is 8.37. The summed E-state index contributed by atoms with van der Waals surface area (Å²) in [6, 6.07) is 15.1. The van der Waals surface area contributed by atoms with Crippen molar-refractivity contribution in [3.63, 3.8) is 0 Å². The lowest BCUT2D eigenvalue weighted by atomic mass is 10.1. The van der Waals surface area contributed by atoms with E-state index in [1.54, 1.807) is 0 Å². The molecule has 0 aliphatic heterocycles. The number of nitrogens with one attached hydrogen (secondary N) is 1. The molecule has 0 saturated carbocycles. The Bertz CT molecular complexity index is 676. The van der Waals surface area contributed by atoms with Gasteiger partial charge in [-0.25, -0.2) is 0 Å². The van der Waals surface area contributed by atoms with Crippen LogP contribution in [0.3, 0.4) is 0 Å². The number of carbonyl (C=O) groups excluding carboxylic acids is 1. The maximum absolute atomic E-state index is 12.0. The van der Waals surface area contributed by atoms with Gasteiger partial charge in [-0.1, -0.05) is 42.8 Å². The highest BCUT2D eigenvalue weighted by Gasteiger charge is 2.06. The number of benzene rings is 2. The van der Waals surface area contributed by atoms with Gasteiger partial charge in [-0.05, 0) is 47.9 Å². The monoisotopic (exact) mass is 346 g/mol. The van der Waals surface area contributed by atoms with Crippen molar-refractivity contribution in [2.45, 2.75) is 20.0 Å². The molecule has 2 aromatic carbocycles. The van der Waals surface area contributed by atoms with Gasteiger partial charge >= 0.3 is 0 Å². The summed E-state index contributed by atoms with van der Waals surface area (Å²) in [4.78, 5) is 12.0. The third-order valence-corrected chi connectivity index (χ3v) is 3.84. The number of ether oxygens (including phenoxy) is 1. The van der Waals surface area contributed by atoms with Gasteiger partial charge in [0.1, 0.15) is 12.4 Å². The molecule has 0 spiro atoms. The van der Waals surface area contributed by atoms with Gasteiger partial charge in [0, 0.05) is 11.6 Å². The minimum Gasteiger partial charge on any atom is -0.489 e. The molecule has 0 aromatic heterocycles. The van der Waals surface area contributed by atoms with Crippen LogP contribution in [0.1, 0.15) is 18.1 Å². The highest BCUT2D eigenvalue weighted by atomic mass is 35.5. The number of halogens is 1. The van der Waals surface area contributed by atoms with Crippen LogP contribution in [-0.2, 0) is 17.8 Å². The van der Waals surface area contributed by atoms with Crippen LogP contribution in [0.2, 0.25) is 5.02 Å². The first kappa shape index (κ1) is 18.3. The van der Waals surface area contributed by atoms with Gasteiger partial charge in [-0.15, -0.1) is 0 Å². The van der Waals surface area contributed by atoms with E-state index >= 15 is 0 Å². The molecule has 0 aliphatic carbocycles. The lowest BCUT2D eigenvalue weighted by molar-refractivity contribution is -0.120. The summed E-state index contributed by atoms with van der Waals surface area (Å²) in [7, 11) is 0. The van der Waals surface area contributed by atoms with Crippen LogP contribution in [0.25, 0.3) is 0 Å². The molecule has 5 heteroatoms. The van der Waals surface area contributed by atoms with Crippen molar-refractivity contribution in [3.05, 3.63) is 64.7 Å². The maximum Gasteiger partial charge on any atom is 0.224 e. The fourth-order valence-electron chi connectivity index (χ4n) is 2.16. The molecule has 1 amide bonds. The van der Waals surface area contributed by atoms with E-state index in [0.717, 1.165) is 16.9 Å². The summed E-state index contributed by atoms with van der Waals surface area (Å²) in [5.74, 6) is 0.999. The number of amides is 1. The molecule has 24 heavy (non-hydrogen) atoms. The van der Waals surface area contributed by atoms with Crippen molar-refractivity contribution in [2.75, 3.05) is 13.1 Å². The Kier molecular flexibility index (Phi) is 7.09. The molecule has 2 aromatic rings. The van der Waals surface area contributed by atoms with Crippen molar-refractivity contribution >= 4 is 17.5 Å². The van der Waals surface area contributed by atoms with E-state index in [4.69, 9.17) is 22.1 Å². The number of hydrogen-bond acceptors (Lipinski definition) is 3. The first-order chi connectivity index (χ1) is 11.6. The van der Waals surface area contributed by atoms with Crippen molar-refractivity contribution in [1.82, 2.24) is 5.32 Å². The summed E-state index contributed by atoms with van der Waals surface area (Å²) in [5.41, 5.74) is 7.46. The summed E-state index contributed by atoms with van der Waals surface area (Å²) < 4.78 is 5.78. The van der Waals surface area contributed by atoms with Gasteiger partial charge in [0.2, 0.25) is 5.91 Å². The number of carbonyl (C=O) groups is 1. The average molecular weight is 347 g/mol. The molecule has 0 aliphatic rings. The van der Waals surface area contributed by atoms with Crippen molar-refractivity contribution in [3.8, 4) is 5.75 Å². The van der Waals surface area contributed by atoms with Crippen LogP contribution < -0.4 is 15.8 Å².